The van der Waals surface area contributed by atoms with E-state index in [4.69, 9.17) is 4.84 Å². The number of rotatable bonds is 2. The molecule has 0 aromatic carbocycles. The van der Waals surface area contributed by atoms with Gasteiger partial charge >= 0.3 is 0 Å². The second-order valence-electron chi connectivity index (χ2n) is 4.66. The maximum absolute atomic E-state index is 11.1. The molecule has 0 N–H and O–H groups in total. The molecule has 3 nitrogen and oxygen atoms in total. The Morgan fingerprint density at radius 2 is 2.06 bits per heavy atom. The van der Waals surface area contributed by atoms with E-state index in [1.54, 1.807) is 5.06 Å². The molecule has 2 aliphatic carbocycles. The number of hydrogen-bond acceptors (Lipinski definition) is 3. The summed E-state index contributed by atoms with van der Waals surface area (Å²) in [5, 5.41) is 1.79. The summed E-state index contributed by atoms with van der Waals surface area (Å²) in [6.07, 6.45) is 0.996. The van der Waals surface area contributed by atoms with Crippen LogP contribution in [-0.4, -0.2) is 25.0 Å². The number of nitrogens with zero attached hydrogens (tertiary/aromatic N) is 1. The van der Waals surface area contributed by atoms with Crippen molar-refractivity contribution in [1.82, 2.24) is 5.06 Å². The zero-order valence-corrected chi connectivity index (χ0v) is 10.2. The van der Waals surface area contributed by atoms with Crippen LogP contribution in [-0.2, 0) is 9.63 Å². The number of carbonyl (C=O) groups excluding carboxylic acids is 1. The minimum atomic E-state index is -0.0916. The fourth-order valence-electron chi connectivity index (χ4n) is 2.68. The van der Waals surface area contributed by atoms with Gasteiger partial charge in [-0.15, -0.1) is 0 Å². The highest BCUT2D eigenvalue weighted by Gasteiger charge is 2.36. The van der Waals surface area contributed by atoms with E-state index in [2.05, 4.69) is 24.3 Å². The van der Waals surface area contributed by atoms with Crippen LogP contribution in [0.1, 0.15) is 11.6 Å². The Hall–Kier alpha value is -1.71. The third-order valence-corrected chi connectivity index (χ3v) is 3.59. The number of fused-ring (bicyclic) bond motifs is 1. The Morgan fingerprint density at radius 3 is 2.89 bits per heavy atom. The number of hydroxylamine groups is 2. The second kappa shape index (κ2) is 4.52. The zero-order valence-electron chi connectivity index (χ0n) is 10.2. The topological polar surface area (TPSA) is 29.5 Å². The summed E-state index contributed by atoms with van der Waals surface area (Å²) < 4.78 is 0. The average Bonchev–Trinajstić information content (AvgIpc) is 2.84. The molecule has 1 heterocycles. The molecule has 1 fully saturated rings. The lowest BCUT2D eigenvalue weighted by Crippen LogP contribution is -2.21. The van der Waals surface area contributed by atoms with Crippen molar-refractivity contribution in [2.75, 3.05) is 13.7 Å². The van der Waals surface area contributed by atoms with E-state index in [0.717, 1.165) is 6.29 Å². The quantitative estimate of drug-likeness (QED) is 0.757. The predicted molar refractivity (Wildman–Crippen MR) is 69.1 cm³/mol. The van der Waals surface area contributed by atoms with Crippen molar-refractivity contribution >= 4 is 6.29 Å². The van der Waals surface area contributed by atoms with Crippen molar-refractivity contribution in [2.45, 2.75) is 6.04 Å². The van der Waals surface area contributed by atoms with E-state index in [9.17, 15) is 4.79 Å². The van der Waals surface area contributed by atoms with Crippen LogP contribution in [0, 0.1) is 5.92 Å². The molecule has 1 saturated heterocycles. The minimum Gasteiger partial charge on any atom is -0.303 e. The molecule has 0 bridgehead atoms. The molecule has 3 heteroatoms. The van der Waals surface area contributed by atoms with Crippen LogP contribution in [0.4, 0.5) is 0 Å². The first-order valence-corrected chi connectivity index (χ1v) is 6.10. The first kappa shape index (κ1) is 11.4. The van der Waals surface area contributed by atoms with Crippen molar-refractivity contribution < 1.29 is 9.63 Å². The van der Waals surface area contributed by atoms with Gasteiger partial charge in [0.25, 0.3) is 0 Å². The molecule has 0 saturated carbocycles. The van der Waals surface area contributed by atoms with Crippen LogP contribution in [0.2, 0.25) is 0 Å². The summed E-state index contributed by atoms with van der Waals surface area (Å²) in [5.41, 5.74) is 3.55. The van der Waals surface area contributed by atoms with E-state index in [-0.39, 0.29) is 12.0 Å². The normalized spacial score (nSPS) is 24.5. The lowest BCUT2D eigenvalue weighted by Gasteiger charge is -2.20. The zero-order chi connectivity index (χ0) is 12.5. The molecule has 2 unspecified atom stereocenters. The standard InChI is InChI=1S/C15H15NO2/c1-16-15(12(9-17)10-18-16)14-8-7-11-5-3-2-4-6-13(11)14/h2-9,12,15H,10H2,1H3. The Kier molecular flexibility index (Phi) is 2.86. The Labute approximate surface area is 106 Å². The van der Waals surface area contributed by atoms with Gasteiger partial charge in [0.1, 0.15) is 6.29 Å². The molecule has 2 atom stereocenters. The van der Waals surface area contributed by atoms with Crippen LogP contribution < -0.4 is 0 Å². The van der Waals surface area contributed by atoms with Gasteiger partial charge in [0, 0.05) is 7.05 Å². The summed E-state index contributed by atoms with van der Waals surface area (Å²) in [5.74, 6) is -0.0916. The highest BCUT2D eigenvalue weighted by molar-refractivity contribution is 5.72. The van der Waals surface area contributed by atoms with Gasteiger partial charge in [-0.3, -0.25) is 4.84 Å². The van der Waals surface area contributed by atoms with Gasteiger partial charge in [0.15, 0.2) is 0 Å². The van der Waals surface area contributed by atoms with Crippen LogP contribution >= 0.6 is 0 Å². The van der Waals surface area contributed by atoms with Crippen LogP contribution in [0.25, 0.3) is 11.1 Å². The summed E-state index contributed by atoms with van der Waals surface area (Å²) >= 11 is 0. The van der Waals surface area contributed by atoms with E-state index in [1.807, 2.05) is 25.2 Å². The molecule has 0 aromatic rings. The van der Waals surface area contributed by atoms with Crippen molar-refractivity contribution in [3.05, 3.63) is 48.0 Å². The monoisotopic (exact) mass is 241 g/mol. The summed E-state index contributed by atoms with van der Waals surface area (Å²) in [6, 6.07) is 14.5. The van der Waals surface area contributed by atoms with Gasteiger partial charge in [-0.25, -0.2) is 0 Å². The van der Waals surface area contributed by atoms with Crippen LogP contribution in [0.5, 0.6) is 0 Å². The molecular weight excluding hydrogens is 226 g/mol. The fraction of sp³-hybridized carbons (Fsp3) is 0.267. The van der Waals surface area contributed by atoms with Crippen molar-refractivity contribution in [3.8, 4) is 11.1 Å². The maximum Gasteiger partial charge on any atom is 0.127 e. The summed E-state index contributed by atoms with van der Waals surface area (Å²) in [6.45, 7) is 0.469. The second-order valence-corrected chi connectivity index (χ2v) is 4.66. The molecule has 92 valence electrons. The number of carbonyl (C=O) groups is 1. The molecule has 1 aliphatic heterocycles. The van der Waals surface area contributed by atoms with E-state index >= 15 is 0 Å². The number of aldehydes is 1. The lowest BCUT2D eigenvalue weighted by atomic mass is 9.94. The first-order chi connectivity index (χ1) is 8.81. The van der Waals surface area contributed by atoms with Gasteiger partial charge < -0.3 is 4.79 Å². The molecular formula is C15H15NO2. The molecule has 3 aliphatic rings. The Balaban J connectivity index is 2.08. The summed E-state index contributed by atoms with van der Waals surface area (Å²) in [7, 11) is 1.88. The van der Waals surface area contributed by atoms with Gasteiger partial charge in [0.05, 0.1) is 18.6 Å². The number of hydrogen-bond donors (Lipinski definition) is 0. The van der Waals surface area contributed by atoms with Crippen LogP contribution in [0.15, 0.2) is 42.5 Å². The average molecular weight is 241 g/mol. The maximum atomic E-state index is 11.1. The van der Waals surface area contributed by atoms with Gasteiger partial charge in [-0.2, -0.15) is 5.06 Å². The molecule has 3 rings (SSSR count). The van der Waals surface area contributed by atoms with E-state index in [0.29, 0.717) is 6.61 Å². The minimum absolute atomic E-state index is 0.0161. The largest absolute Gasteiger partial charge is 0.303 e. The smallest absolute Gasteiger partial charge is 0.127 e. The van der Waals surface area contributed by atoms with Crippen molar-refractivity contribution in [1.29, 1.82) is 0 Å². The van der Waals surface area contributed by atoms with Gasteiger partial charge in [-0.1, -0.05) is 42.5 Å². The van der Waals surface area contributed by atoms with Crippen molar-refractivity contribution in [2.24, 2.45) is 5.92 Å². The third-order valence-electron chi connectivity index (χ3n) is 3.59. The Bertz CT molecular complexity index is 540. The molecule has 0 amide bonds. The molecule has 0 aromatic heterocycles. The SMILES string of the molecule is CN1OCC(C=O)C1c1ccc2cccccc1-2. The van der Waals surface area contributed by atoms with Gasteiger partial charge in [0.2, 0.25) is 0 Å². The molecule has 0 spiro atoms. The molecule has 18 heavy (non-hydrogen) atoms. The van der Waals surface area contributed by atoms with Crippen LogP contribution in [0.3, 0.4) is 0 Å². The lowest BCUT2D eigenvalue weighted by molar-refractivity contribution is -0.111. The highest BCUT2D eigenvalue weighted by atomic mass is 16.7. The van der Waals surface area contributed by atoms with Crippen molar-refractivity contribution in [3.63, 3.8) is 0 Å². The van der Waals surface area contributed by atoms with E-state index < -0.39 is 0 Å². The van der Waals surface area contributed by atoms with E-state index in [1.165, 1.54) is 16.7 Å². The third kappa shape index (κ3) is 1.72. The van der Waals surface area contributed by atoms with Gasteiger partial charge in [-0.05, 0) is 16.7 Å². The first-order valence-electron chi connectivity index (χ1n) is 6.10. The fourth-order valence-corrected chi connectivity index (χ4v) is 2.68. The predicted octanol–water partition coefficient (Wildman–Crippen LogP) is 2.52. The summed E-state index contributed by atoms with van der Waals surface area (Å²) in [4.78, 5) is 16.6. The molecule has 0 radical (unpaired) electrons. The Morgan fingerprint density at radius 1 is 1.22 bits per heavy atom. The highest BCUT2D eigenvalue weighted by Crippen LogP contribution is 2.40.